The first-order chi connectivity index (χ1) is 16.2. The van der Waals surface area contributed by atoms with E-state index in [-0.39, 0.29) is 39.6 Å². The summed E-state index contributed by atoms with van der Waals surface area (Å²) >= 11 is 0. The number of aliphatic carboxylic acids is 1. The van der Waals surface area contributed by atoms with E-state index in [2.05, 4.69) is 5.32 Å². The third kappa shape index (κ3) is 4.28. The molecule has 0 fully saturated rings. The van der Waals surface area contributed by atoms with Gasteiger partial charge in [-0.15, -0.1) is 0 Å². The normalized spacial score (nSPS) is 15.0. The average molecular weight is 468 g/mol. The van der Waals surface area contributed by atoms with E-state index in [1.807, 2.05) is 13.8 Å². The van der Waals surface area contributed by atoms with Gasteiger partial charge in [0.15, 0.2) is 5.78 Å². The number of ketones is 2. The Labute approximate surface area is 198 Å². The van der Waals surface area contributed by atoms with E-state index in [9.17, 15) is 24.6 Å². The second-order valence-corrected chi connectivity index (χ2v) is 8.30. The molecular formula is C26H29NO7. The number of Topliss-reactive ketones (excluding diaryl/α,β-unsaturated/α-hetero) is 2. The third-order valence-corrected chi connectivity index (χ3v) is 6.17. The number of carbonyl (C=O) groups excluding carboxylic acids is 2. The highest BCUT2D eigenvalue weighted by Crippen LogP contribution is 2.41. The maximum atomic E-state index is 13.9. The second kappa shape index (κ2) is 10.1. The lowest BCUT2D eigenvalue weighted by Crippen LogP contribution is -2.44. The number of carboxylic acids is 1. The van der Waals surface area contributed by atoms with Gasteiger partial charge < -0.3 is 25.0 Å². The minimum absolute atomic E-state index is 0.0405. The molecule has 0 saturated heterocycles. The van der Waals surface area contributed by atoms with Crippen molar-refractivity contribution in [3.8, 4) is 11.5 Å². The van der Waals surface area contributed by atoms with Crippen LogP contribution in [0.15, 0.2) is 36.0 Å². The van der Waals surface area contributed by atoms with E-state index in [4.69, 9.17) is 9.47 Å². The van der Waals surface area contributed by atoms with Gasteiger partial charge in [0.25, 0.3) is 0 Å². The maximum Gasteiger partial charge on any atom is 0.326 e. The van der Waals surface area contributed by atoms with Crippen molar-refractivity contribution >= 4 is 23.1 Å². The predicted molar refractivity (Wildman–Crippen MR) is 126 cm³/mol. The number of benzene rings is 2. The van der Waals surface area contributed by atoms with Crippen molar-refractivity contribution in [3.63, 3.8) is 0 Å². The number of aryl methyl sites for hydroxylation is 1. The molecule has 34 heavy (non-hydrogen) atoms. The largest absolute Gasteiger partial charge is 0.496 e. The Hall–Kier alpha value is -3.65. The molecule has 180 valence electrons. The molecule has 0 heterocycles. The van der Waals surface area contributed by atoms with Crippen LogP contribution in [0.2, 0.25) is 0 Å². The lowest BCUT2D eigenvalue weighted by molar-refractivity contribution is -0.140. The van der Waals surface area contributed by atoms with E-state index < -0.39 is 30.2 Å². The Morgan fingerprint density at radius 2 is 1.74 bits per heavy atom. The zero-order chi connectivity index (χ0) is 25.2. The zero-order valence-corrected chi connectivity index (χ0v) is 19.9. The quantitative estimate of drug-likeness (QED) is 0.513. The number of allylic oxidation sites excluding steroid dienone is 2. The molecule has 1 aliphatic carbocycles. The van der Waals surface area contributed by atoms with Crippen LogP contribution in [0, 0.1) is 12.8 Å². The number of hydrogen-bond acceptors (Lipinski definition) is 7. The van der Waals surface area contributed by atoms with Crippen LogP contribution < -0.4 is 14.8 Å². The lowest BCUT2D eigenvalue weighted by Gasteiger charge is -2.29. The van der Waals surface area contributed by atoms with E-state index in [0.717, 1.165) is 5.56 Å². The molecule has 8 heteroatoms. The average Bonchev–Trinajstić information content (AvgIpc) is 2.83. The van der Waals surface area contributed by atoms with Gasteiger partial charge in [-0.05, 0) is 36.1 Å². The molecule has 3 N–H and O–H groups in total. The molecule has 0 aromatic heterocycles. The molecule has 2 aromatic rings. The van der Waals surface area contributed by atoms with Gasteiger partial charge in [-0.1, -0.05) is 38.5 Å². The van der Waals surface area contributed by atoms with Gasteiger partial charge in [-0.2, -0.15) is 0 Å². The Kier molecular flexibility index (Phi) is 7.41. The Bertz CT molecular complexity index is 1160. The standard InChI is InChI=1S/C26H29NO7/c1-6-14(3)22(26(31)32)27-23-21(19-15(12-28)10-13(2)11-18(19)34-5)24(29)16-8-7-9-17(33-4)20(16)25(23)30/h7-11,14,22,27-28H,6,12H2,1-5H3,(H,31,32)/t14-,22-/m0/s1. The molecule has 0 saturated carbocycles. The Morgan fingerprint density at radius 3 is 2.29 bits per heavy atom. The van der Waals surface area contributed by atoms with Crippen molar-refractivity contribution < 1.29 is 34.1 Å². The summed E-state index contributed by atoms with van der Waals surface area (Å²) in [6.45, 7) is 5.00. The summed E-state index contributed by atoms with van der Waals surface area (Å²) < 4.78 is 10.9. The number of fused-ring (bicyclic) bond motifs is 1. The van der Waals surface area contributed by atoms with E-state index in [0.29, 0.717) is 17.7 Å². The summed E-state index contributed by atoms with van der Waals surface area (Å²) in [7, 11) is 2.82. The van der Waals surface area contributed by atoms with Gasteiger partial charge in [-0.25, -0.2) is 4.79 Å². The molecule has 0 bridgehead atoms. The minimum atomic E-state index is -1.15. The smallest absolute Gasteiger partial charge is 0.326 e. The van der Waals surface area contributed by atoms with Crippen molar-refractivity contribution in [2.45, 2.75) is 39.8 Å². The molecule has 0 aliphatic heterocycles. The molecule has 0 spiro atoms. The molecule has 1 aliphatic rings. The summed E-state index contributed by atoms with van der Waals surface area (Å²) in [4.78, 5) is 39.8. The van der Waals surface area contributed by atoms with Gasteiger partial charge in [0.05, 0.1) is 37.7 Å². The first-order valence-electron chi connectivity index (χ1n) is 11.0. The number of aliphatic hydroxyl groups is 1. The van der Waals surface area contributed by atoms with Gasteiger partial charge in [0.1, 0.15) is 17.5 Å². The number of nitrogens with one attached hydrogen (secondary N) is 1. The molecule has 3 rings (SSSR count). The first kappa shape index (κ1) is 25.0. The molecular weight excluding hydrogens is 438 g/mol. The van der Waals surface area contributed by atoms with Crippen LogP contribution in [-0.4, -0.2) is 48.0 Å². The van der Waals surface area contributed by atoms with Crippen LogP contribution in [0.4, 0.5) is 0 Å². The summed E-state index contributed by atoms with van der Waals surface area (Å²) in [6.07, 6.45) is 0.532. The van der Waals surface area contributed by atoms with Gasteiger partial charge >= 0.3 is 5.97 Å². The highest BCUT2D eigenvalue weighted by Gasteiger charge is 2.39. The van der Waals surface area contributed by atoms with Crippen LogP contribution in [0.25, 0.3) is 5.57 Å². The molecule has 2 aromatic carbocycles. The highest BCUT2D eigenvalue weighted by molar-refractivity contribution is 6.41. The van der Waals surface area contributed by atoms with E-state index in [1.54, 1.807) is 31.2 Å². The molecule has 0 amide bonds. The molecule has 2 atom stereocenters. The fourth-order valence-corrected chi connectivity index (χ4v) is 4.22. The number of carboxylic acid groups (broad SMARTS) is 1. The number of carbonyl (C=O) groups is 3. The van der Waals surface area contributed by atoms with E-state index in [1.165, 1.54) is 20.3 Å². The fourth-order valence-electron chi connectivity index (χ4n) is 4.22. The number of methoxy groups -OCH3 is 2. The number of hydrogen-bond donors (Lipinski definition) is 3. The van der Waals surface area contributed by atoms with E-state index >= 15 is 0 Å². The minimum Gasteiger partial charge on any atom is -0.496 e. The van der Waals surface area contributed by atoms with Crippen molar-refractivity contribution in [1.29, 1.82) is 0 Å². The summed E-state index contributed by atoms with van der Waals surface area (Å²) in [5.74, 6) is -2.05. The van der Waals surface area contributed by atoms with Gasteiger partial charge in [-0.3, -0.25) is 9.59 Å². The van der Waals surface area contributed by atoms with Crippen LogP contribution >= 0.6 is 0 Å². The van der Waals surface area contributed by atoms with Crippen molar-refractivity contribution in [3.05, 3.63) is 63.8 Å². The molecule has 8 nitrogen and oxygen atoms in total. The van der Waals surface area contributed by atoms with Crippen molar-refractivity contribution in [2.24, 2.45) is 5.92 Å². The summed E-state index contributed by atoms with van der Waals surface area (Å²) in [5, 5.41) is 22.8. The Balaban J connectivity index is 2.40. The van der Waals surface area contributed by atoms with Crippen LogP contribution in [0.5, 0.6) is 11.5 Å². The Morgan fingerprint density at radius 1 is 1.06 bits per heavy atom. The van der Waals surface area contributed by atoms with Gasteiger partial charge in [0.2, 0.25) is 5.78 Å². The number of aliphatic hydroxyl groups excluding tert-OH is 1. The molecule has 0 radical (unpaired) electrons. The van der Waals surface area contributed by atoms with Crippen LogP contribution in [-0.2, 0) is 11.4 Å². The van der Waals surface area contributed by atoms with Crippen LogP contribution in [0.1, 0.15) is 57.7 Å². The first-order valence-corrected chi connectivity index (χ1v) is 11.0. The topological polar surface area (TPSA) is 122 Å². The fraction of sp³-hybridized carbons (Fsp3) is 0.346. The second-order valence-electron chi connectivity index (χ2n) is 8.30. The number of ether oxygens (including phenoxy) is 2. The van der Waals surface area contributed by atoms with Gasteiger partial charge in [0, 0.05) is 11.1 Å². The van der Waals surface area contributed by atoms with Crippen LogP contribution in [0.3, 0.4) is 0 Å². The highest BCUT2D eigenvalue weighted by atomic mass is 16.5. The summed E-state index contributed by atoms with van der Waals surface area (Å²) in [5.41, 5.74) is 1.41. The third-order valence-electron chi connectivity index (χ3n) is 6.17. The lowest BCUT2D eigenvalue weighted by atomic mass is 9.81. The SMILES string of the molecule is CC[C@H](C)[C@H](NC1=C(c2c(CO)cc(C)cc2OC)C(=O)c2cccc(OC)c2C1=O)C(=O)O. The predicted octanol–water partition coefficient (Wildman–Crippen LogP) is 3.38. The molecule has 0 unspecified atom stereocenters. The van der Waals surface area contributed by atoms with Crippen molar-refractivity contribution in [1.82, 2.24) is 5.32 Å². The zero-order valence-electron chi connectivity index (χ0n) is 19.9. The van der Waals surface area contributed by atoms with Crippen molar-refractivity contribution in [2.75, 3.05) is 14.2 Å². The maximum absolute atomic E-state index is 13.9. The summed E-state index contributed by atoms with van der Waals surface area (Å²) in [6, 6.07) is 6.97. The monoisotopic (exact) mass is 467 g/mol. The number of rotatable bonds is 9.